The largest absolute Gasteiger partial charge is 4.00 e. The standard InChI is InChI=1S/C4H10N2.4C2H3ClO2.2H2N.2Pt/c5-3-1-2-4-6;4*3-1-2(4)5;;;;/h5-6H,1-4H2;4*1H2,(H,4,5);2*1H2;;/q-2;;;;;2*-1;2*+4/p+4. The van der Waals surface area contributed by atoms with Gasteiger partial charge in [0.25, 0.3) is 0 Å². The van der Waals surface area contributed by atoms with Crippen molar-refractivity contribution in [1.82, 2.24) is 0 Å². The summed E-state index contributed by atoms with van der Waals surface area (Å²) in [5.41, 5.74) is 13.2. The van der Waals surface area contributed by atoms with Gasteiger partial charge in [0.2, 0.25) is 0 Å². The molecule has 0 aromatic heterocycles. The van der Waals surface area contributed by atoms with Crippen LogP contribution in [0.3, 0.4) is 0 Å². The summed E-state index contributed by atoms with van der Waals surface area (Å²) >= 11 is 19.2. The third kappa shape index (κ3) is 166. The molecule has 0 rings (SSSR count). The number of carbonyl (C=O) groups is 4. The first-order chi connectivity index (χ1) is 12.0. The predicted molar refractivity (Wildman–Crippen MR) is 116 cm³/mol. The molecule has 18 heteroatoms. The van der Waals surface area contributed by atoms with E-state index in [0.29, 0.717) is 13.1 Å². The van der Waals surface area contributed by atoms with Gasteiger partial charge in [0.15, 0.2) is 23.5 Å². The number of hydrogen-bond donors (Lipinski definition) is 0. The first-order valence-electron chi connectivity index (χ1n) is 6.51. The molecule has 0 unspecified atom stereocenters. The van der Waals surface area contributed by atoms with Crippen molar-refractivity contribution in [1.29, 1.82) is 0 Å². The second kappa shape index (κ2) is 56.9. The normalized spacial score (nSPS) is 6.73. The smallest absolute Gasteiger partial charge is 0.693 e. The monoisotopic (exact) mass is 888 g/mol. The van der Waals surface area contributed by atoms with E-state index in [1.807, 2.05) is 0 Å². The first kappa shape index (κ1) is 57.3. The summed E-state index contributed by atoms with van der Waals surface area (Å²) in [7, 11) is 0. The minimum atomic E-state index is -0.730. The second-order valence-corrected chi connectivity index (χ2v) is 4.50. The molecule has 0 atom stereocenters. The number of alkyl halides is 4. The van der Waals surface area contributed by atoms with E-state index >= 15 is 0 Å². The minimum absolute atomic E-state index is 0. The minimum Gasteiger partial charge on any atom is -0.693 e. The van der Waals surface area contributed by atoms with Crippen LogP contribution < -0.4 is 0 Å². The van der Waals surface area contributed by atoms with E-state index in [9.17, 15) is 19.2 Å². The Kier molecular flexibility index (Phi) is 109. The van der Waals surface area contributed by atoms with Crippen LogP contribution in [0.2, 0.25) is 0 Å². The quantitative estimate of drug-likeness (QED) is 0.207. The van der Waals surface area contributed by atoms with E-state index in [1.54, 1.807) is 0 Å². The fourth-order valence-corrected chi connectivity index (χ4v) is 0.250. The molecule has 0 aromatic carbocycles. The molecule has 0 aromatic rings. The van der Waals surface area contributed by atoms with Crippen LogP contribution in [0.4, 0.5) is 0 Å². The van der Waals surface area contributed by atoms with Crippen LogP contribution in [0.25, 0.3) is 23.8 Å². The number of carbonyl (C=O) groups excluding carboxylic acids is 4. The molecule has 186 valence electrons. The van der Waals surface area contributed by atoms with Gasteiger partial charge in [-0.2, -0.15) is 13.1 Å². The van der Waals surface area contributed by atoms with Gasteiger partial charge in [-0.3, -0.25) is 0 Å². The maximum absolute atomic E-state index is 9.35. The van der Waals surface area contributed by atoms with E-state index < -0.39 is 23.9 Å². The van der Waals surface area contributed by atoms with Gasteiger partial charge in [0.1, 0.15) is 0 Å². The topological polar surface area (TPSA) is 274 Å². The Morgan fingerprint density at radius 3 is 0.667 bits per heavy atom. The molecule has 0 aliphatic rings. The van der Waals surface area contributed by atoms with Crippen molar-refractivity contribution in [2.45, 2.75) is 12.8 Å². The predicted octanol–water partition coefficient (Wildman–Crippen LogP) is 1.21. The summed E-state index contributed by atoms with van der Waals surface area (Å²) < 4.78 is 0. The SMILES string of the molecule is O=C([OH2+])CCl.O=C([OH2+])CCl.O=C([OH2+])CCl.O=C([OH2+])CCl.[NH-]CCCC[NH-].[NH2-].[NH2-].[Pt+4].[Pt+4]. The summed E-state index contributed by atoms with van der Waals surface area (Å²) in [6, 6.07) is 0. The van der Waals surface area contributed by atoms with E-state index in [4.69, 9.17) is 78.3 Å². The maximum Gasteiger partial charge on any atom is 4.00 e. The number of halogens is 4. The summed E-state index contributed by atoms with van der Waals surface area (Å²) in [6.07, 6.45) is 1.78. The van der Waals surface area contributed by atoms with Gasteiger partial charge in [-0.05, 0) is 0 Å². The Morgan fingerprint density at radius 1 is 0.533 bits per heavy atom. The van der Waals surface area contributed by atoms with Crippen molar-refractivity contribution in [3.05, 3.63) is 23.8 Å². The zero-order valence-electron chi connectivity index (χ0n) is 15.6. The van der Waals surface area contributed by atoms with Crippen LogP contribution in [0.15, 0.2) is 0 Å². The van der Waals surface area contributed by atoms with Crippen LogP contribution in [-0.4, -0.2) is 80.9 Å². The van der Waals surface area contributed by atoms with Gasteiger partial charge in [-0.15, -0.1) is 46.4 Å². The average Bonchev–Trinajstić information content (AvgIpc) is 2.61. The van der Waals surface area contributed by atoms with Gasteiger partial charge in [-0.1, -0.05) is 12.8 Å². The van der Waals surface area contributed by atoms with E-state index in [1.165, 1.54) is 0 Å². The molecule has 0 spiro atoms. The van der Waals surface area contributed by atoms with Crippen molar-refractivity contribution in [2.75, 3.05) is 36.6 Å². The number of nitrogens with one attached hydrogen (secondary N) is 2. The Morgan fingerprint density at radius 2 is 0.633 bits per heavy atom. The van der Waals surface area contributed by atoms with Crippen molar-refractivity contribution < 1.29 is 81.7 Å². The summed E-state index contributed by atoms with van der Waals surface area (Å²) in [5.74, 6) is -3.70. The van der Waals surface area contributed by atoms with Gasteiger partial charge in [0.05, 0.1) is 0 Å². The molecule has 0 radical (unpaired) electrons. The van der Waals surface area contributed by atoms with Gasteiger partial charge >= 0.3 is 66.0 Å². The molecule has 0 aliphatic heterocycles. The van der Waals surface area contributed by atoms with Crippen LogP contribution in [0, 0.1) is 0 Å². The van der Waals surface area contributed by atoms with Gasteiger partial charge in [-0.25, -0.2) is 0 Å². The fourth-order valence-electron chi connectivity index (χ4n) is 0.250. The maximum atomic E-state index is 9.35. The van der Waals surface area contributed by atoms with E-state index in [2.05, 4.69) is 0 Å². The third-order valence-electron chi connectivity index (χ3n) is 1.09. The molecule has 0 amide bonds. The van der Waals surface area contributed by atoms with Gasteiger partial charge in [0, 0.05) is 19.2 Å². The molecule has 0 fully saturated rings. The molecule has 0 aliphatic carbocycles. The number of rotatable bonds is 7. The zero-order valence-corrected chi connectivity index (χ0v) is 23.2. The third-order valence-corrected chi connectivity index (χ3v) is 2.06. The molecule has 12 nitrogen and oxygen atoms in total. The van der Waals surface area contributed by atoms with Crippen LogP contribution in [-0.2, 0) is 61.3 Å². The summed E-state index contributed by atoms with van der Waals surface area (Å²) in [6.45, 7) is 0.970. The summed E-state index contributed by atoms with van der Waals surface area (Å²) in [5, 5.41) is 24.2. The molecular formula is C12H30Cl4N4O8Pt2+8. The van der Waals surface area contributed by atoms with Crippen molar-refractivity contribution in [2.24, 2.45) is 0 Å². The molecule has 14 N–H and O–H groups in total. The first-order valence-corrected chi connectivity index (χ1v) is 8.64. The van der Waals surface area contributed by atoms with E-state index in [-0.39, 0.29) is 78.0 Å². The van der Waals surface area contributed by atoms with Crippen molar-refractivity contribution >= 4 is 70.3 Å². The molecule has 30 heavy (non-hydrogen) atoms. The molecule has 0 bridgehead atoms. The van der Waals surface area contributed by atoms with Crippen LogP contribution >= 0.6 is 46.4 Å². The Bertz CT molecular complexity index is 306. The number of unbranched alkanes of at least 4 members (excludes halogenated alkanes) is 1. The molecule has 0 heterocycles. The van der Waals surface area contributed by atoms with Gasteiger partial charge < -0.3 is 44.2 Å². The molecule has 0 saturated carbocycles. The van der Waals surface area contributed by atoms with Crippen LogP contribution in [0.1, 0.15) is 12.8 Å². The summed E-state index contributed by atoms with van der Waals surface area (Å²) in [4.78, 5) is 37.4. The fraction of sp³-hybridized carbons (Fsp3) is 0.667. The second-order valence-electron chi connectivity index (χ2n) is 3.43. The number of nitrogens with two attached hydrogens (primary N) is 2. The van der Waals surface area contributed by atoms with Crippen molar-refractivity contribution in [3.63, 3.8) is 0 Å². The zero-order chi connectivity index (χ0) is 22.0. The Labute approximate surface area is 224 Å². The van der Waals surface area contributed by atoms with Crippen LogP contribution in [0.5, 0.6) is 0 Å². The van der Waals surface area contributed by atoms with E-state index in [0.717, 1.165) is 12.8 Å². The van der Waals surface area contributed by atoms with Crippen molar-refractivity contribution in [3.8, 4) is 0 Å². The molecule has 0 saturated heterocycles. The Balaban J connectivity index is -0.0000000254. The average molecular weight is 890 g/mol. The molecular weight excluding hydrogens is 860 g/mol. The Hall–Kier alpha value is 0.257. The number of hydrogen-bond acceptors (Lipinski definition) is 4.